The van der Waals surface area contributed by atoms with Crippen LogP contribution < -0.4 is 14.2 Å². The van der Waals surface area contributed by atoms with Crippen LogP contribution in [-0.2, 0) is 11.3 Å². The standard InChI is InChI=1S/C27H30N2O4/c1-31-25-12-13-26(32-2)23(18-25)19-28-14-16-29(17-15-28)27(30)20-33-24-10-8-22(9-11-24)21-6-4-3-5-7-21/h3-13,18H,14-17,19-20H2,1-2H3. The molecule has 0 unspecified atom stereocenters. The molecule has 1 fully saturated rings. The smallest absolute Gasteiger partial charge is 0.260 e. The maximum Gasteiger partial charge on any atom is 0.260 e. The van der Waals surface area contributed by atoms with E-state index in [0.29, 0.717) is 18.8 Å². The zero-order valence-corrected chi connectivity index (χ0v) is 19.2. The first kappa shape index (κ1) is 22.7. The fourth-order valence-corrected chi connectivity index (χ4v) is 4.01. The summed E-state index contributed by atoms with van der Waals surface area (Å²) in [5.74, 6) is 2.38. The summed E-state index contributed by atoms with van der Waals surface area (Å²) >= 11 is 0. The normalized spacial score (nSPS) is 14.1. The zero-order chi connectivity index (χ0) is 23.0. The Morgan fingerprint density at radius 2 is 1.45 bits per heavy atom. The largest absolute Gasteiger partial charge is 0.497 e. The Morgan fingerprint density at radius 3 is 2.12 bits per heavy atom. The fourth-order valence-electron chi connectivity index (χ4n) is 4.01. The number of hydrogen-bond acceptors (Lipinski definition) is 5. The molecule has 0 spiro atoms. The number of nitrogens with zero attached hydrogens (tertiary/aromatic N) is 2. The van der Waals surface area contributed by atoms with E-state index in [2.05, 4.69) is 17.0 Å². The Hall–Kier alpha value is -3.51. The summed E-state index contributed by atoms with van der Waals surface area (Å²) in [7, 11) is 3.34. The highest BCUT2D eigenvalue weighted by atomic mass is 16.5. The van der Waals surface area contributed by atoms with Crippen molar-refractivity contribution in [1.29, 1.82) is 0 Å². The molecule has 0 saturated carbocycles. The molecule has 0 N–H and O–H groups in total. The first-order valence-electron chi connectivity index (χ1n) is 11.2. The molecular weight excluding hydrogens is 416 g/mol. The summed E-state index contributed by atoms with van der Waals surface area (Å²) < 4.78 is 16.6. The molecule has 0 aromatic heterocycles. The minimum Gasteiger partial charge on any atom is -0.497 e. The zero-order valence-electron chi connectivity index (χ0n) is 19.2. The van der Waals surface area contributed by atoms with Gasteiger partial charge in [-0.25, -0.2) is 0 Å². The Balaban J connectivity index is 1.25. The highest BCUT2D eigenvalue weighted by Gasteiger charge is 2.22. The van der Waals surface area contributed by atoms with Gasteiger partial charge in [0.2, 0.25) is 0 Å². The summed E-state index contributed by atoms with van der Waals surface area (Å²) in [5.41, 5.74) is 3.36. The molecule has 4 rings (SSSR count). The van der Waals surface area contributed by atoms with Gasteiger partial charge in [0.15, 0.2) is 6.61 Å². The van der Waals surface area contributed by atoms with Crippen LogP contribution in [0.15, 0.2) is 72.8 Å². The fraction of sp³-hybridized carbons (Fsp3) is 0.296. The molecule has 6 nitrogen and oxygen atoms in total. The molecule has 6 heteroatoms. The van der Waals surface area contributed by atoms with Crippen molar-refractivity contribution in [3.63, 3.8) is 0 Å². The van der Waals surface area contributed by atoms with Crippen molar-refractivity contribution in [3.8, 4) is 28.4 Å². The first-order valence-corrected chi connectivity index (χ1v) is 11.2. The van der Waals surface area contributed by atoms with Gasteiger partial charge in [-0.3, -0.25) is 9.69 Å². The van der Waals surface area contributed by atoms with Gasteiger partial charge < -0.3 is 19.1 Å². The topological polar surface area (TPSA) is 51.2 Å². The van der Waals surface area contributed by atoms with Crippen molar-refractivity contribution in [2.24, 2.45) is 0 Å². The number of rotatable bonds is 8. The van der Waals surface area contributed by atoms with E-state index in [0.717, 1.165) is 47.8 Å². The molecule has 3 aromatic carbocycles. The van der Waals surface area contributed by atoms with E-state index in [1.54, 1.807) is 14.2 Å². The quantitative estimate of drug-likeness (QED) is 0.522. The minimum atomic E-state index is 0.0146. The number of methoxy groups -OCH3 is 2. The van der Waals surface area contributed by atoms with Gasteiger partial charge in [0.25, 0.3) is 5.91 Å². The van der Waals surface area contributed by atoms with Gasteiger partial charge in [0.1, 0.15) is 17.2 Å². The molecule has 1 aliphatic rings. The Bertz CT molecular complexity index is 1050. The third-order valence-electron chi connectivity index (χ3n) is 5.93. The van der Waals surface area contributed by atoms with Gasteiger partial charge in [0.05, 0.1) is 14.2 Å². The lowest BCUT2D eigenvalue weighted by molar-refractivity contribution is -0.135. The minimum absolute atomic E-state index is 0.0146. The van der Waals surface area contributed by atoms with E-state index in [-0.39, 0.29) is 12.5 Å². The van der Waals surface area contributed by atoms with Crippen molar-refractivity contribution < 1.29 is 19.0 Å². The molecular formula is C27H30N2O4. The Morgan fingerprint density at radius 1 is 0.788 bits per heavy atom. The molecule has 0 aliphatic carbocycles. The molecule has 0 radical (unpaired) electrons. The second-order valence-electron chi connectivity index (χ2n) is 8.01. The molecule has 1 amide bonds. The number of carbonyl (C=O) groups is 1. The van der Waals surface area contributed by atoms with Crippen LogP contribution in [0.3, 0.4) is 0 Å². The van der Waals surface area contributed by atoms with Crippen LogP contribution in [0.25, 0.3) is 11.1 Å². The number of benzene rings is 3. The van der Waals surface area contributed by atoms with Gasteiger partial charge in [-0.15, -0.1) is 0 Å². The predicted octanol–water partition coefficient (Wildman–Crippen LogP) is 4.09. The predicted molar refractivity (Wildman–Crippen MR) is 129 cm³/mol. The second-order valence-corrected chi connectivity index (χ2v) is 8.01. The highest BCUT2D eigenvalue weighted by Crippen LogP contribution is 2.26. The van der Waals surface area contributed by atoms with Gasteiger partial charge >= 0.3 is 0 Å². The van der Waals surface area contributed by atoms with Crippen LogP contribution in [-0.4, -0.2) is 62.7 Å². The van der Waals surface area contributed by atoms with E-state index >= 15 is 0 Å². The number of carbonyl (C=O) groups excluding carboxylic acids is 1. The number of ether oxygens (including phenoxy) is 3. The Kier molecular flexibility index (Phi) is 7.47. The second kappa shape index (κ2) is 10.9. The van der Waals surface area contributed by atoms with Crippen molar-refractivity contribution >= 4 is 5.91 Å². The van der Waals surface area contributed by atoms with Crippen molar-refractivity contribution in [1.82, 2.24) is 9.80 Å². The molecule has 1 heterocycles. The maximum atomic E-state index is 12.7. The summed E-state index contributed by atoms with van der Waals surface area (Å²) in [6.07, 6.45) is 0. The van der Waals surface area contributed by atoms with Crippen molar-refractivity contribution in [2.45, 2.75) is 6.54 Å². The van der Waals surface area contributed by atoms with E-state index < -0.39 is 0 Å². The van der Waals surface area contributed by atoms with Gasteiger partial charge in [-0.2, -0.15) is 0 Å². The number of hydrogen-bond donors (Lipinski definition) is 0. The average Bonchev–Trinajstić information content (AvgIpc) is 2.88. The lowest BCUT2D eigenvalue weighted by Crippen LogP contribution is -2.49. The van der Waals surface area contributed by atoms with Crippen LogP contribution in [0.2, 0.25) is 0 Å². The summed E-state index contributed by atoms with van der Waals surface area (Å²) in [6, 6.07) is 23.9. The van der Waals surface area contributed by atoms with Crippen LogP contribution >= 0.6 is 0 Å². The lowest BCUT2D eigenvalue weighted by atomic mass is 10.1. The summed E-state index contributed by atoms with van der Waals surface area (Å²) in [4.78, 5) is 16.9. The Labute approximate surface area is 195 Å². The highest BCUT2D eigenvalue weighted by molar-refractivity contribution is 5.78. The third-order valence-corrected chi connectivity index (χ3v) is 5.93. The average molecular weight is 447 g/mol. The van der Waals surface area contributed by atoms with Crippen molar-refractivity contribution in [3.05, 3.63) is 78.4 Å². The molecule has 1 aliphatic heterocycles. The van der Waals surface area contributed by atoms with Crippen LogP contribution in [0.4, 0.5) is 0 Å². The molecule has 172 valence electrons. The van der Waals surface area contributed by atoms with Gasteiger partial charge in [-0.1, -0.05) is 42.5 Å². The molecule has 0 atom stereocenters. The van der Waals surface area contributed by atoms with Gasteiger partial charge in [-0.05, 0) is 41.5 Å². The molecule has 0 bridgehead atoms. The van der Waals surface area contributed by atoms with Crippen LogP contribution in [0, 0.1) is 0 Å². The molecule has 3 aromatic rings. The molecule has 33 heavy (non-hydrogen) atoms. The first-order chi connectivity index (χ1) is 16.2. The summed E-state index contributed by atoms with van der Waals surface area (Å²) in [6.45, 7) is 3.78. The van der Waals surface area contributed by atoms with E-state index in [1.165, 1.54) is 0 Å². The third kappa shape index (κ3) is 5.84. The SMILES string of the molecule is COc1ccc(OC)c(CN2CCN(C(=O)COc3ccc(-c4ccccc4)cc3)CC2)c1. The van der Waals surface area contributed by atoms with E-state index in [1.807, 2.05) is 65.6 Å². The van der Waals surface area contributed by atoms with E-state index in [4.69, 9.17) is 14.2 Å². The van der Waals surface area contributed by atoms with Gasteiger partial charge in [0, 0.05) is 38.3 Å². The molecule has 1 saturated heterocycles. The maximum absolute atomic E-state index is 12.7. The lowest BCUT2D eigenvalue weighted by Gasteiger charge is -2.35. The van der Waals surface area contributed by atoms with Crippen molar-refractivity contribution in [2.75, 3.05) is 47.0 Å². The van der Waals surface area contributed by atoms with Crippen LogP contribution in [0.5, 0.6) is 17.2 Å². The summed E-state index contributed by atoms with van der Waals surface area (Å²) in [5, 5.41) is 0. The van der Waals surface area contributed by atoms with Crippen LogP contribution in [0.1, 0.15) is 5.56 Å². The monoisotopic (exact) mass is 446 g/mol. The van der Waals surface area contributed by atoms with E-state index in [9.17, 15) is 4.79 Å². The number of amides is 1. The number of piperazine rings is 1.